The molecule has 1 aliphatic rings. The molecule has 1 aromatic heterocycles. The summed E-state index contributed by atoms with van der Waals surface area (Å²) in [5.41, 5.74) is 3.35. The minimum absolute atomic E-state index is 0.0309. The molecular weight excluding hydrogens is 358 g/mol. The van der Waals surface area contributed by atoms with E-state index in [-0.39, 0.29) is 12.5 Å². The summed E-state index contributed by atoms with van der Waals surface area (Å²) >= 11 is 1.74. The SMILES string of the molecule is CCNC(=NCC(=O)N1CCc2ccccc21)NCCc1nc(C)c(C)s1. The molecule has 27 heavy (non-hydrogen) atoms. The number of para-hydroxylation sites is 1. The summed E-state index contributed by atoms with van der Waals surface area (Å²) in [6, 6.07) is 8.08. The Morgan fingerprint density at radius 3 is 2.85 bits per heavy atom. The van der Waals surface area contributed by atoms with Crippen LogP contribution < -0.4 is 15.5 Å². The lowest BCUT2D eigenvalue weighted by molar-refractivity contribution is -0.117. The highest BCUT2D eigenvalue weighted by atomic mass is 32.1. The Balaban J connectivity index is 1.54. The summed E-state index contributed by atoms with van der Waals surface area (Å²) in [5.74, 6) is 0.701. The number of carbonyl (C=O) groups is 1. The van der Waals surface area contributed by atoms with Crippen LogP contribution in [0.2, 0.25) is 0 Å². The number of nitrogens with one attached hydrogen (secondary N) is 2. The van der Waals surface area contributed by atoms with Gasteiger partial charge in [-0.2, -0.15) is 0 Å². The van der Waals surface area contributed by atoms with Crippen LogP contribution in [0, 0.1) is 13.8 Å². The summed E-state index contributed by atoms with van der Waals surface area (Å²) in [6.45, 7) is 8.51. The van der Waals surface area contributed by atoms with Crippen LogP contribution in [-0.2, 0) is 17.6 Å². The molecule has 0 radical (unpaired) electrons. The minimum Gasteiger partial charge on any atom is -0.357 e. The van der Waals surface area contributed by atoms with Gasteiger partial charge in [0.2, 0.25) is 5.91 Å². The van der Waals surface area contributed by atoms with Crippen LogP contribution in [0.4, 0.5) is 5.69 Å². The highest BCUT2D eigenvalue weighted by Gasteiger charge is 2.23. The van der Waals surface area contributed by atoms with Gasteiger partial charge in [0, 0.05) is 36.6 Å². The van der Waals surface area contributed by atoms with Crippen LogP contribution in [0.3, 0.4) is 0 Å². The third kappa shape index (κ3) is 4.86. The number of amides is 1. The topological polar surface area (TPSA) is 69.6 Å². The first-order valence-corrected chi connectivity index (χ1v) is 10.2. The minimum atomic E-state index is 0.0309. The first-order valence-electron chi connectivity index (χ1n) is 9.42. The number of hydrogen-bond donors (Lipinski definition) is 2. The number of guanidine groups is 1. The highest BCUT2D eigenvalue weighted by Crippen LogP contribution is 2.27. The van der Waals surface area contributed by atoms with Crippen LogP contribution in [0.15, 0.2) is 29.3 Å². The van der Waals surface area contributed by atoms with Crippen molar-refractivity contribution >= 4 is 28.9 Å². The normalized spacial score (nSPS) is 13.6. The van der Waals surface area contributed by atoms with Crippen LogP contribution in [0.1, 0.15) is 28.1 Å². The maximum Gasteiger partial charge on any atom is 0.248 e. The first-order chi connectivity index (χ1) is 13.1. The predicted molar refractivity (Wildman–Crippen MR) is 112 cm³/mol. The van der Waals surface area contributed by atoms with Gasteiger partial charge < -0.3 is 15.5 Å². The average Bonchev–Trinajstić information content (AvgIpc) is 3.23. The Labute approximate surface area is 164 Å². The van der Waals surface area contributed by atoms with Crippen molar-refractivity contribution < 1.29 is 4.79 Å². The number of aryl methyl sites for hydroxylation is 2. The molecule has 6 nitrogen and oxygen atoms in total. The fraction of sp³-hybridized carbons (Fsp3) is 0.450. The van der Waals surface area contributed by atoms with E-state index in [1.165, 1.54) is 10.4 Å². The van der Waals surface area contributed by atoms with Crippen molar-refractivity contribution in [1.29, 1.82) is 0 Å². The van der Waals surface area contributed by atoms with Gasteiger partial charge >= 0.3 is 0 Å². The molecular formula is C20H27N5OS. The number of aromatic nitrogens is 1. The molecule has 2 N–H and O–H groups in total. The molecule has 144 valence electrons. The van der Waals surface area contributed by atoms with Crippen molar-refractivity contribution in [3.05, 3.63) is 45.4 Å². The summed E-state index contributed by atoms with van der Waals surface area (Å²) < 4.78 is 0. The molecule has 0 spiro atoms. The second-order valence-corrected chi connectivity index (χ2v) is 7.83. The van der Waals surface area contributed by atoms with E-state index in [1.807, 2.05) is 36.9 Å². The number of aliphatic imine (C=N–C) groups is 1. The highest BCUT2D eigenvalue weighted by molar-refractivity contribution is 7.11. The third-order valence-electron chi connectivity index (χ3n) is 4.61. The van der Waals surface area contributed by atoms with Crippen molar-refractivity contribution in [1.82, 2.24) is 15.6 Å². The fourth-order valence-electron chi connectivity index (χ4n) is 3.11. The third-order valence-corrected chi connectivity index (χ3v) is 5.74. The van der Waals surface area contributed by atoms with Gasteiger partial charge in [-0.25, -0.2) is 9.98 Å². The molecule has 3 rings (SSSR count). The number of rotatable bonds is 6. The largest absolute Gasteiger partial charge is 0.357 e. The van der Waals surface area contributed by atoms with E-state index in [4.69, 9.17) is 0 Å². The average molecular weight is 386 g/mol. The summed E-state index contributed by atoms with van der Waals surface area (Å²) in [7, 11) is 0. The van der Waals surface area contributed by atoms with E-state index >= 15 is 0 Å². The number of nitrogens with zero attached hydrogens (tertiary/aromatic N) is 3. The monoisotopic (exact) mass is 385 g/mol. The molecule has 2 aromatic rings. The molecule has 2 heterocycles. The van der Waals surface area contributed by atoms with Gasteiger partial charge in [-0.05, 0) is 38.8 Å². The lowest BCUT2D eigenvalue weighted by atomic mass is 10.2. The van der Waals surface area contributed by atoms with E-state index in [9.17, 15) is 4.79 Å². The molecule has 0 saturated heterocycles. The van der Waals surface area contributed by atoms with E-state index in [2.05, 4.69) is 33.6 Å². The Kier molecular flexibility index (Phi) is 6.45. The second-order valence-electron chi connectivity index (χ2n) is 6.55. The van der Waals surface area contributed by atoms with Crippen LogP contribution in [-0.4, -0.2) is 43.0 Å². The number of carbonyl (C=O) groups excluding carboxylic acids is 1. The molecule has 7 heteroatoms. The van der Waals surface area contributed by atoms with E-state index < -0.39 is 0 Å². The van der Waals surface area contributed by atoms with Gasteiger partial charge in [-0.15, -0.1) is 11.3 Å². The fourth-order valence-corrected chi connectivity index (χ4v) is 4.04. The molecule has 0 saturated carbocycles. The summed E-state index contributed by atoms with van der Waals surface area (Å²) in [6.07, 6.45) is 1.76. The van der Waals surface area contributed by atoms with Gasteiger partial charge in [-0.3, -0.25) is 4.79 Å². The molecule has 0 unspecified atom stereocenters. The predicted octanol–water partition coefficient (Wildman–Crippen LogP) is 2.45. The molecule has 1 aromatic carbocycles. The van der Waals surface area contributed by atoms with Crippen molar-refractivity contribution in [3.8, 4) is 0 Å². The van der Waals surface area contributed by atoms with Gasteiger partial charge in [0.15, 0.2) is 5.96 Å². The number of benzene rings is 1. The second kappa shape index (κ2) is 8.99. The zero-order chi connectivity index (χ0) is 19.2. The number of thiazole rings is 1. The Hall–Kier alpha value is -2.41. The summed E-state index contributed by atoms with van der Waals surface area (Å²) in [5, 5.41) is 7.62. The van der Waals surface area contributed by atoms with Crippen LogP contribution in [0.5, 0.6) is 0 Å². The maximum absolute atomic E-state index is 12.6. The lowest BCUT2D eigenvalue weighted by Gasteiger charge is -2.17. The van der Waals surface area contributed by atoms with Gasteiger partial charge in [0.25, 0.3) is 0 Å². The Morgan fingerprint density at radius 2 is 2.11 bits per heavy atom. The van der Waals surface area contributed by atoms with E-state index in [0.717, 1.165) is 48.9 Å². The maximum atomic E-state index is 12.6. The van der Waals surface area contributed by atoms with E-state index in [1.54, 1.807) is 11.3 Å². The Morgan fingerprint density at radius 1 is 1.30 bits per heavy atom. The lowest BCUT2D eigenvalue weighted by Crippen LogP contribution is -2.39. The quantitative estimate of drug-likeness (QED) is 0.592. The zero-order valence-corrected chi connectivity index (χ0v) is 17.0. The van der Waals surface area contributed by atoms with Crippen molar-refractivity contribution in [2.75, 3.05) is 31.1 Å². The standard InChI is InChI=1S/C20H27N5OS/c1-4-21-20(22-11-9-18-24-14(2)15(3)27-18)23-13-19(26)25-12-10-16-7-5-6-8-17(16)25/h5-8H,4,9-13H2,1-3H3,(H2,21,22,23). The number of fused-ring (bicyclic) bond motifs is 1. The molecule has 0 aliphatic carbocycles. The summed E-state index contributed by atoms with van der Waals surface area (Å²) in [4.78, 5) is 24.7. The van der Waals surface area contributed by atoms with Crippen molar-refractivity contribution in [2.24, 2.45) is 4.99 Å². The van der Waals surface area contributed by atoms with Crippen molar-refractivity contribution in [2.45, 2.75) is 33.6 Å². The van der Waals surface area contributed by atoms with Gasteiger partial charge in [0.05, 0.1) is 10.7 Å². The molecule has 0 atom stereocenters. The smallest absolute Gasteiger partial charge is 0.248 e. The van der Waals surface area contributed by atoms with Crippen LogP contribution in [0.25, 0.3) is 0 Å². The van der Waals surface area contributed by atoms with Gasteiger partial charge in [-0.1, -0.05) is 18.2 Å². The number of anilines is 1. The Bertz CT molecular complexity index is 810. The van der Waals surface area contributed by atoms with Crippen LogP contribution >= 0.6 is 11.3 Å². The number of hydrogen-bond acceptors (Lipinski definition) is 4. The molecule has 0 bridgehead atoms. The van der Waals surface area contributed by atoms with Gasteiger partial charge in [0.1, 0.15) is 6.54 Å². The molecule has 1 aliphatic heterocycles. The van der Waals surface area contributed by atoms with Crippen molar-refractivity contribution in [3.63, 3.8) is 0 Å². The first kappa shape index (κ1) is 19.4. The molecule has 1 amide bonds. The van der Waals surface area contributed by atoms with E-state index in [0.29, 0.717) is 5.96 Å². The molecule has 0 fully saturated rings. The zero-order valence-electron chi connectivity index (χ0n) is 16.2.